The van der Waals surface area contributed by atoms with Crippen LogP contribution in [0.15, 0.2) is 42.5 Å². The number of nitrogens with one attached hydrogen (secondary N) is 1. The Bertz CT molecular complexity index is 948. The normalized spacial score (nSPS) is 13.8. The molecule has 0 saturated carbocycles. The van der Waals surface area contributed by atoms with Gasteiger partial charge in [0.15, 0.2) is 0 Å². The van der Waals surface area contributed by atoms with Crippen molar-refractivity contribution in [3.63, 3.8) is 0 Å². The van der Waals surface area contributed by atoms with Crippen LogP contribution in [-0.4, -0.2) is 29.4 Å². The second-order valence-corrected chi connectivity index (χ2v) is 6.77. The molecule has 1 aliphatic heterocycles. The fourth-order valence-corrected chi connectivity index (χ4v) is 3.74. The van der Waals surface area contributed by atoms with Crippen LogP contribution in [0.2, 0.25) is 5.02 Å². The Hall–Kier alpha value is -2.46. The van der Waals surface area contributed by atoms with Gasteiger partial charge in [0.1, 0.15) is 5.75 Å². The zero-order valence-electron chi connectivity index (χ0n) is 14.0. The van der Waals surface area contributed by atoms with E-state index in [9.17, 15) is 4.79 Å². The van der Waals surface area contributed by atoms with Crippen molar-refractivity contribution in [3.8, 4) is 5.75 Å². The number of hydrogen-bond acceptors (Lipinski definition) is 2. The average molecular weight is 355 g/mol. The number of fused-ring (bicyclic) bond motifs is 3. The van der Waals surface area contributed by atoms with Gasteiger partial charge < -0.3 is 14.6 Å². The number of ether oxygens (including phenoxy) is 1. The summed E-state index contributed by atoms with van der Waals surface area (Å²) in [4.78, 5) is 18.1. The summed E-state index contributed by atoms with van der Waals surface area (Å²) in [6, 6.07) is 13.5. The second-order valence-electron chi connectivity index (χ2n) is 6.34. The highest BCUT2D eigenvalue weighted by atomic mass is 35.5. The van der Waals surface area contributed by atoms with Crippen LogP contribution in [0.3, 0.4) is 0 Å². The maximum absolute atomic E-state index is 12.7. The Morgan fingerprint density at radius 3 is 2.92 bits per heavy atom. The number of carbonyl (C=O) groups excluding carboxylic acids is 1. The number of hydrogen-bond donors (Lipinski definition) is 1. The maximum atomic E-state index is 12.7. The molecule has 1 amide bonds. The molecular formula is C20H19ClN2O2. The van der Waals surface area contributed by atoms with E-state index in [1.165, 1.54) is 11.3 Å². The summed E-state index contributed by atoms with van der Waals surface area (Å²) < 4.78 is 5.45. The Kier molecular flexibility index (Phi) is 4.14. The quantitative estimate of drug-likeness (QED) is 0.773. The lowest BCUT2D eigenvalue weighted by atomic mass is 10.0. The second kappa shape index (κ2) is 6.45. The van der Waals surface area contributed by atoms with Gasteiger partial charge in [-0.25, -0.2) is 0 Å². The number of benzene rings is 2. The Morgan fingerprint density at radius 2 is 2.12 bits per heavy atom. The molecule has 25 heavy (non-hydrogen) atoms. The standard InChI is InChI=1S/C20H19ClN2O2/c1-25-18-7-3-6-15-16-12-23(9-8-17(16)22-20(15)18)19(24)11-13-4-2-5-14(21)10-13/h2-7,10,22H,8-9,11-12H2,1H3. The number of amides is 1. The number of aromatic amines is 1. The van der Waals surface area contributed by atoms with Crippen molar-refractivity contribution >= 4 is 28.4 Å². The summed E-state index contributed by atoms with van der Waals surface area (Å²) in [5.41, 5.74) is 4.36. The SMILES string of the molecule is COc1cccc2c3c([nH]c12)CCN(C(=O)Cc1cccc(Cl)c1)C3. The highest BCUT2D eigenvalue weighted by Gasteiger charge is 2.24. The first-order valence-electron chi connectivity index (χ1n) is 8.34. The average Bonchev–Trinajstić information content (AvgIpc) is 2.99. The van der Waals surface area contributed by atoms with Crippen molar-refractivity contribution in [2.45, 2.75) is 19.4 Å². The fraction of sp³-hybridized carbons (Fsp3) is 0.250. The van der Waals surface area contributed by atoms with Gasteiger partial charge in [-0.15, -0.1) is 0 Å². The van der Waals surface area contributed by atoms with E-state index in [0.29, 0.717) is 18.0 Å². The Balaban J connectivity index is 1.59. The third kappa shape index (κ3) is 2.98. The van der Waals surface area contributed by atoms with E-state index in [2.05, 4.69) is 11.1 Å². The smallest absolute Gasteiger partial charge is 0.227 e. The monoisotopic (exact) mass is 354 g/mol. The largest absolute Gasteiger partial charge is 0.495 e. The highest BCUT2D eigenvalue weighted by molar-refractivity contribution is 6.30. The van der Waals surface area contributed by atoms with Gasteiger partial charge in [0, 0.05) is 41.2 Å². The molecule has 0 unspecified atom stereocenters. The molecule has 4 rings (SSSR count). The highest BCUT2D eigenvalue weighted by Crippen LogP contribution is 2.33. The Labute approximate surface area is 151 Å². The van der Waals surface area contributed by atoms with Crippen molar-refractivity contribution in [3.05, 3.63) is 64.3 Å². The van der Waals surface area contributed by atoms with Gasteiger partial charge in [0.05, 0.1) is 19.0 Å². The van der Waals surface area contributed by atoms with Crippen LogP contribution in [0.4, 0.5) is 0 Å². The number of H-pyrrole nitrogens is 1. The fourth-order valence-electron chi connectivity index (χ4n) is 3.53. The van der Waals surface area contributed by atoms with Gasteiger partial charge in [-0.2, -0.15) is 0 Å². The summed E-state index contributed by atoms with van der Waals surface area (Å²) >= 11 is 6.02. The molecule has 1 aromatic heterocycles. The molecule has 0 atom stereocenters. The molecule has 0 fully saturated rings. The van der Waals surface area contributed by atoms with Crippen LogP contribution >= 0.6 is 11.6 Å². The minimum absolute atomic E-state index is 0.130. The van der Waals surface area contributed by atoms with Gasteiger partial charge >= 0.3 is 0 Å². The van der Waals surface area contributed by atoms with Crippen LogP contribution in [-0.2, 0) is 24.2 Å². The van der Waals surface area contributed by atoms with Gasteiger partial charge in [0.2, 0.25) is 5.91 Å². The summed E-state index contributed by atoms with van der Waals surface area (Å²) in [5, 5.41) is 1.80. The first-order valence-corrected chi connectivity index (χ1v) is 8.72. The number of aromatic nitrogens is 1. The molecule has 128 valence electrons. The summed E-state index contributed by atoms with van der Waals surface area (Å²) in [6.45, 7) is 1.35. The van der Waals surface area contributed by atoms with E-state index in [1.807, 2.05) is 41.3 Å². The van der Waals surface area contributed by atoms with Crippen LogP contribution in [0.1, 0.15) is 16.8 Å². The lowest BCUT2D eigenvalue weighted by Gasteiger charge is -2.27. The number of carbonyl (C=O) groups is 1. The number of para-hydroxylation sites is 1. The molecule has 0 spiro atoms. The van der Waals surface area contributed by atoms with E-state index >= 15 is 0 Å². The van der Waals surface area contributed by atoms with Gasteiger partial charge in [-0.1, -0.05) is 35.9 Å². The topological polar surface area (TPSA) is 45.3 Å². The third-order valence-electron chi connectivity index (χ3n) is 4.79. The van der Waals surface area contributed by atoms with Crippen molar-refractivity contribution in [1.29, 1.82) is 0 Å². The predicted molar refractivity (Wildman–Crippen MR) is 99.1 cm³/mol. The number of halogens is 1. The lowest BCUT2D eigenvalue weighted by Crippen LogP contribution is -2.36. The molecule has 4 nitrogen and oxygen atoms in total. The van der Waals surface area contributed by atoms with Crippen LogP contribution < -0.4 is 4.74 Å². The summed E-state index contributed by atoms with van der Waals surface area (Å²) in [6.07, 6.45) is 1.20. The van der Waals surface area contributed by atoms with E-state index in [1.54, 1.807) is 7.11 Å². The van der Waals surface area contributed by atoms with E-state index in [-0.39, 0.29) is 5.91 Å². The molecule has 2 aromatic carbocycles. The number of methoxy groups -OCH3 is 1. The van der Waals surface area contributed by atoms with Crippen LogP contribution in [0.5, 0.6) is 5.75 Å². The Morgan fingerprint density at radius 1 is 1.28 bits per heavy atom. The number of rotatable bonds is 3. The van der Waals surface area contributed by atoms with E-state index in [4.69, 9.17) is 16.3 Å². The molecule has 1 N–H and O–H groups in total. The van der Waals surface area contributed by atoms with Crippen molar-refractivity contribution in [2.75, 3.05) is 13.7 Å². The first kappa shape index (κ1) is 16.0. The zero-order valence-corrected chi connectivity index (χ0v) is 14.8. The molecule has 1 aliphatic rings. The molecule has 2 heterocycles. The van der Waals surface area contributed by atoms with E-state index in [0.717, 1.165) is 35.2 Å². The molecular weight excluding hydrogens is 336 g/mol. The van der Waals surface area contributed by atoms with Crippen LogP contribution in [0.25, 0.3) is 10.9 Å². The zero-order chi connectivity index (χ0) is 17.4. The molecule has 5 heteroatoms. The third-order valence-corrected chi connectivity index (χ3v) is 5.02. The van der Waals surface area contributed by atoms with Crippen molar-refractivity contribution in [1.82, 2.24) is 9.88 Å². The van der Waals surface area contributed by atoms with Crippen molar-refractivity contribution < 1.29 is 9.53 Å². The maximum Gasteiger partial charge on any atom is 0.227 e. The van der Waals surface area contributed by atoms with Crippen LogP contribution in [0, 0.1) is 0 Å². The lowest BCUT2D eigenvalue weighted by molar-refractivity contribution is -0.131. The number of nitrogens with zero attached hydrogens (tertiary/aromatic N) is 1. The molecule has 0 bridgehead atoms. The molecule has 0 aliphatic carbocycles. The molecule has 3 aromatic rings. The molecule has 0 radical (unpaired) electrons. The minimum Gasteiger partial charge on any atom is -0.495 e. The first-order chi connectivity index (χ1) is 12.2. The van der Waals surface area contributed by atoms with Crippen molar-refractivity contribution in [2.24, 2.45) is 0 Å². The van der Waals surface area contributed by atoms with Gasteiger partial charge in [-0.05, 0) is 23.8 Å². The predicted octanol–water partition coefficient (Wildman–Crippen LogP) is 3.96. The van der Waals surface area contributed by atoms with Gasteiger partial charge in [-0.3, -0.25) is 4.79 Å². The summed E-state index contributed by atoms with van der Waals surface area (Å²) in [5.74, 6) is 0.967. The molecule has 0 saturated heterocycles. The minimum atomic E-state index is 0.130. The summed E-state index contributed by atoms with van der Waals surface area (Å²) in [7, 11) is 1.68. The van der Waals surface area contributed by atoms with Gasteiger partial charge in [0.25, 0.3) is 0 Å². The van der Waals surface area contributed by atoms with E-state index < -0.39 is 0 Å².